The van der Waals surface area contributed by atoms with Crippen molar-refractivity contribution in [2.24, 2.45) is 0 Å². The van der Waals surface area contributed by atoms with E-state index in [1.807, 2.05) is 0 Å². The zero-order valence-corrected chi connectivity index (χ0v) is 18.0. The Morgan fingerprint density at radius 2 is 0.758 bits per heavy atom. The van der Waals surface area contributed by atoms with E-state index < -0.39 is 0 Å². The number of hydrogen-bond acceptors (Lipinski definition) is 1. The van der Waals surface area contributed by atoms with E-state index in [9.17, 15) is 0 Å². The van der Waals surface area contributed by atoms with Crippen LogP contribution in [0.4, 0.5) is 11.4 Å². The Morgan fingerprint density at radius 1 is 0.303 bits per heavy atom. The summed E-state index contributed by atoms with van der Waals surface area (Å²) in [5.74, 6) is 0. The highest BCUT2D eigenvalue weighted by molar-refractivity contribution is 6.25. The molecule has 0 aliphatic carbocycles. The van der Waals surface area contributed by atoms with E-state index >= 15 is 0 Å². The molecule has 33 heavy (non-hydrogen) atoms. The number of fused-ring (bicyclic) bond motifs is 9. The van der Waals surface area contributed by atoms with Crippen LogP contribution >= 0.6 is 0 Å². The minimum atomic E-state index is 1.10. The van der Waals surface area contributed by atoms with Crippen molar-refractivity contribution >= 4 is 65.2 Å². The first kappa shape index (κ1) is 18.2. The first-order chi connectivity index (χ1) is 16.3. The maximum Gasteiger partial charge on any atom is 0.0390 e. The molecule has 0 saturated carbocycles. The van der Waals surface area contributed by atoms with E-state index in [0.29, 0.717) is 0 Å². The van der Waals surface area contributed by atoms with Gasteiger partial charge in [-0.15, -0.1) is 0 Å². The maximum atomic E-state index is 3.65. The van der Waals surface area contributed by atoms with E-state index in [4.69, 9.17) is 0 Å². The van der Waals surface area contributed by atoms with Crippen LogP contribution < -0.4 is 5.32 Å². The summed E-state index contributed by atoms with van der Waals surface area (Å²) in [6, 6.07) is 43.8. The van der Waals surface area contributed by atoms with Crippen LogP contribution in [0.15, 0.2) is 121 Å². The van der Waals surface area contributed by atoms with Gasteiger partial charge in [0.15, 0.2) is 0 Å². The van der Waals surface area contributed by atoms with E-state index in [1.165, 1.54) is 53.9 Å². The summed E-state index contributed by atoms with van der Waals surface area (Å²) in [6.45, 7) is 0. The molecule has 0 amide bonds. The van der Waals surface area contributed by atoms with Crippen LogP contribution in [0, 0.1) is 0 Å². The molecule has 0 unspecified atom stereocenters. The third-order valence-electron chi connectivity index (χ3n) is 6.78. The normalized spacial score (nSPS) is 11.6. The van der Waals surface area contributed by atoms with Crippen LogP contribution in [0.5, 0.6) is 0 Å². The van der Waals surface area contributed by atoms with Gasteiger partial charge in [0.2, 0.25) is 0 Å². The van der Waals surface area contributed by atoms with Crippen molar-refractivity contribution in [1.82, 2.24) is 0 Å². The SMILES string of the molecule is c1ccc2c(c1)ccc1cc(Nc3ccc4c5ccccc5c5ccccc5c4c3)ccc12. The van der Waals surface area contributed by atoms with E-state index in [2.05, 4.69) is 127 Å². The largest absolute Gasteiger partial charge is 0.355 e. The Morgan fingerprint density at radius 3 is 1.45 bits per heavy atom. The molecule has 1 N–H and O–H groups in total. The third kappa shape index (κ3) is 2.86. The molecule has 0 radical (unpaired) electrons. The van der Waals surface area contributed by atoms with Crippen LogP contribution in [0.3, 0.4) is 0 Å². The van der Waals surface area contributed by atoms with Gasteiger partial charge in [0.05, 0.1) is 0 Å². The molecule has 0 aliphatic heterocycles. The molecule has 0 fully saturated rings. The van der Waals surface area contributed by atoms with Crippen LogP contribution in [0.25, 0.3) is 53.9 Å². The zero-order valence-electron chi connectivity index (χ0n) is 18.0. The smallest absolute Gasteiger partial charge is 0.0390 e. The fourth-order valence-electron chi connectivity index (χ4n) is 5.24. The lowest BCUT2D eigenvalue weighted by molar-refractivity contribution is 1.60. The number of anilines is 2. The lowest BCUT2D eigenvalue weighted by atomic mass is 9.94. The van der Waals surface area contributed by atoms with Crippen molar-refractivity contribution in [3.05, 3.63) is 121 Å². The van der Waals surface area contributed by atoms with Crippen molar-refractivity contribution in [1.29, 1.82) is 0 Å². The summed E-state index contributed by atoms with van der Waals surface area (Å²) in [5, 5.41) is 16.5. The topological polar surface area (TPSA) is 12.0 Å². The molecular formula is C32H21N. The average molecular weight is 420 g/mol. The van der Waals surface area contributed by atoms with Gasteiger partial charge < -0.3 is 5.32 Å². The van der Waals surface area contributed by atoms with E-state index in [0.717, 1.165) is 11.4 Å². The highest BCUT2D eigenvalue weighted by atomic mass is 14.9. The first-order valence-corrected chi connectivity index (χ1v) is 11.4. The molecule has 7 aromatic rings. The molecule has 0 spiro atoms. The lowest BCUT2D eigenvalue weighted by Crippen LogP contribution is -1.91. The second-order valence-electron chi connectivity index (χ2n) is 8.70. The molecule has 0 atom stereocenters. The van der Waals surface area contributed by atoms with Crippen molar-refractivity contribution < 1.29 is 0 Å². The van der Waals surface area contributed by atoms with Gasteiger partial charge in [-0.1, -0.05) is 97.1 Å². The number of benzene rings is 7. The highest BCUT2D eigenvalue weighted by Crippen LogP contribution is 2.37. The van der Waals surface area contributed by atoms with Gasteiger partial charge in [-0.3, -0.25) is 0 Å². The average Bonchev–Trinajstić information content (AvgIpc) is 2.88. The van der Waals surface area contributed by atoms with Gasteiger partial charge in [0, 0.05) is 11.4 Å². The quantitative estimate of drug-likeness (QED) is 0.275. The van der Waals surface area contributed by atoms with Crippen LogP contribution in [0.1, 0.15) is 0 Å². The van der Waals surface area contributed by atoms with Gasteiger partial charge in [-0.05, 0) is 78.1 Å². The summed E-state index contributed by atoms with van der Waals surface area (Å²) in [5.41, 5.74) is 2.20. The maximum absolute atomic E-state index is 3.65. The molecule has 0 bridgehead atoms. The molecule has 0 aliphatic rings. The number of nitrogens with one attached hydrogen (secondary N) is 1. The van der Waals surface area contributed by atoms with Gasteiger partial charge in [0.1, 0.15) is 0 Å². The minimum absolute atomic E-state index is 1.10. The van der Waals surface area contributed by atoms with Gasteiger partial charge in [0.25, 0.3) is 0 Å². The number of hydrogen-bond donors (Lipinski definition) is 1. The molecule has 7 rings (SSSR count). The summed E-state index contributed by atoms with van der Waals surface area (Å²) in [4.78, 5) is 0. The highest BCUT2D eigenvalue weighted by Gasteiger charge is 2.09. The van der Waals surface area contributed by atoms with Crippen LogP contribution in [-0.2, 0) is 0 Å². The third-order valence-corrected chi connectivity index (χ3v) is 6.78. The molecular weight excluding hydrogens is 398 g/mol. The lowest BCUT2D eigenvalue weighted by Gasteiger charge is -2.13. The van der Waals surface area contributed by atoms with E-state index in [-0.39, 0.29) is 0 Å². The van der Waals surface area contributed by atoms with Crippen molar-refractivity contribution in [3.8, 4) is 0 Å². The molecule has 7 aromatic carbocycles. The van der Waals surface area contributed by atoms with Gasteiger partial charge in [-0.25, -0.2) is 0 Å². The predicted octanol–water partition coefficient (Wildman–Crippen LogP) is 9.20. The molecule has 1 nitrogen and oxygen atoms in total. The molecule has 1 heteroatoms. The Bertz CT molecular complexity index is 1810. The predicted molar refractivity (Wildman–Crippen MR) is 144 cm³/mol. The Balaban J connectivity index is 1.38. The second-order valence-corrected chi connectivity index (χ2v) is 8.70. The molecule has 0 aromatic heterocycles. The Labute approximate surface area is 191 Å². The fourth-order valence-corrected chi connectivity index (χ4v) is 5.24. The summed E-state index contributed by atoms with van der Waals surface area (Å²) in [7, 11) is 0. The molecule has 0 saturated heterocycles. The zero-order chi connectivity index (χ0) is 21.8. The van der Waals surface area contributed by atoms with Crippen molar-refractivity contribution in [3.63, 3.8) is 0 Å². The Hall–Kier alpha value is -4.36. The summed E-state index contributed by atoms with van der Waals surface area (Å²) >= 11 is 0. The van der Waals surface area contributed by atoms with Crippen LogP contribution in [0.2, 0.25) is 0 Å². The number of rotatable bonds is 2. The molecule has 154 valence electrons. The van der Waals surface area contributed by atoms with Gasteiger partial charge >= 0.3 is 0 Å². The first-order valence-electron chi connectivity index (χ1n) is 11.4. The summed E-state index contributed by atoms with van der Waals surface area (Å²) < 4.78 is 0. The Kier molecular flexibility index (Phi) is 3.91. The van der Waals surface area contributed by atoms with E-state index in [1.54, 1.807) is 0 Å². The fraction of sp³-hybridized carbons (Fsp3) is 0. The molecule has 0 heterocycles. The van der Waals surface area contributed by atoms with Crippen LogP contribution in [-0.4, -0.2) is 0 Å². The standard InChI is InChI=1S/C32H21N/c1-2-8-25-21(7-1)13-14-22-19-23(15-17-26(22)25)33-24-16-18-31-29-11-4-3-9-27(29)28-10-5-6-12-30(28)32(31)20-24/h1-20,33H. The van der Waals surface area contributed by atoms with Crippen molar-refractivity contribution in [2.45, 2.75) is 0 Å². The van der Waals surface area contributed by atoms with Crippen molar-refractivity contribution in [2.75, 3.05) is 5.32 Å². The monoisotopic (exact) mass is 419 g/mol. The van der Waals surface area contributed by atoms with Gasteiger partial charge in [-0.2, -0.15) is 0 Å². The minimum Gasteiger partial charge on any atom is -0.355 e. The summed E-state index contributed by atoms with van der Waals surface area (Å²) in [6.07, 6.45) is 0. The second kappa shape index (κ2) is 7.08.